The van der Waals surface area contributed by atoms with E-state index in [0.717, 1.165) is 27.5 Å². The third-order valence-electron chi connectivity index (χ3n) is 3.47. The predicted molar refractivity (Wildman–Crippen MR) is 91.4 cm³/mol. The highest BCUT2D eigenvalue weighted by Crippen LogP contribution is 2.29. The number of benzene rings is 2. The van der Waals surface area contributed by atoms with Crippen molar-refractivity contribution in [3.63, 3.8) is 0 Å². The van der Waals surface area contributed by atoms with Gasteiger partial charge in [0.25, 0.3) is 0 Å². The zero-order valence-corrected chi connectivity index (χ0v) is 12.6. The predicted octanol–water partition coefficient (Wildman–Crippen LogP) is 5.58. The number of hydrogen-bond donors (Lipinski definition) is 0. The summed E-state index contributed by atoms with van der Waals surface area (Å²) in [6, 6.07) is 16.3. The van der Waals surface area contributed by atoms with E-state index in [1.165, 1.54) is 5.56 Å². The van der Waals surface area contributed by atoms with Gasteiger partial charge in [-0.15, -0.1) is 0 Å². The molecule has 0 amide bonds. The number of anilines is 1. The topological polar surface area (TPSA) is 3.24 Å². The molecule has 2 heteroatoms. The van der Waals surface area contributed by atoms with Crippen molar-refractivity contribution in [3.05, 3.63) is 95.3 Å². The first-order chi connectivity index (χ1) is 10.1. The van der Waals surface area contributed by atoms with Gasteiger partial charge in [0.1, 0.15) is 0 Å². The second kappa shape index (κ2) is 5.63. The summed E-state index contributed by atoms with van der Waals surface area (Å²) in [5.41, 5.74) is 5.51. The number of nitrogens with zero attached hydrogens (tertiary/aromatic N) is 1. The first kappa shape index (κ1) is 13.7. The zero-order valence-electron chi connectivity index (χ0n) is 11.9. The molecule has 2 aromatic rings. The molecule has 0 fully saturated rings. The molecule has 21 heavy (non-hydrogen) atoms. The molecular formula is C19H16ClN. The lowest BCUT2D eigenvalue weighted by Gasteiger charge is -2.26. The normalized spacial score (nSPS) is 14.3. The van der Waals surface area contributed by atoms with E-state index in [4.69, 9.17) is 11.6 Å². The molecule has 0 saturated carbocycles. The third kappa shape index (κ3) is 2.93. The van der Waals surface area contributed by atoms with Gasteiger partial charge in [-0.05, 0) is 54.0 Å². The summed E-state index contributed by atoms with van der Waals surface area (Å²) in [6.07, 6.45) is 6.20. The van der Waals surface area contributed by atoms with Crippen LogP contribution in [0.2, 0.25) is 5.02 Å². The van der Waals surface area contributed by atoms with E-state index in [2.05, 4.69) is 61.0 Å². The molecule has 0 aromatic heterocycles. The van der Waals surface area contributed by atoms with Crippen molar-refractivity contribution in [2.24, 2.45) is 0 Å². The molecule has 0 aliphatic carbocycles. The Morgan fingerprint density at radius 1 is 1.00 bits per heavy atom. The third-order valence-corrected chi connectivity index (χ3v) is 3.71. The Hall–Kier alpha value is -2.25. The second-order valence-electron chi connectivity index (χ2n) is 5.13. The largest absolute Gasteiger partial charge is 0.317 e. The van der Waals surface area contributed by atoms with Gasteiger partial charge in [-0.25, -0.2) is 0 Å². The van der Waals surface area contributed by atoms with Crippen molar-refractivity contribution in [1.29, 1.82) is 0 Å². The number of hydrogen-bond acceptors (Lipinski definition) is 1. The maximum absolute atomic E-state index is 6.08. The highest BCUT2D eigenvalue weighted by atomic mass is 35.5. The van der Waals surface area contributed by atoms with E-state index in [1.54, 1.807) is 0 Å². The maximum Gasteiger partial charge on any atom is 0.0458 e. The lowest BCUT2D eigenvalue weighted by atomic mass is 10.0. The molecule has 2 aromatic carbocycles. The van der Waals surface area contributed by atoms with E-state index >= 15 is 0 Å². The van der Waals surface area contributed by atoms with Gasteiger partial charge in [0.15, 0.2) is 0 Å². The average Bonchev–Trinajstić information content (AvgIpc) is 2.47. The Labute approximate surface area is 130 Å². The van der Waals surface area contributed by atoms with Crippen molar-refractivity contribution in [2.75, 3.05) is 4.90 Å². The van der Waals surface area contributed by atoms with Crippen molar-refractivity contribution in [2.45, 2.75) is 6.92 Å². The van der Waals surface area contributed by atoms with Crippen molar-refractivity contribution >= 4 is 22.9 Å². The maximum atomic E-state index is 6.08. The molecule has 0 bridgehead atoms. The van der Waals surface area contributed by atoms with Crippen LogP contribution in [-0.2, 0) is 0 Å². The van der Waals surface area contributed by atoms with Crippen LogP contribution in [0.1, 0.15) is 11.1 Å². The molecule has 0 saturated heterocycles. The van der Waals surface area contributed by atoms with Gasteiger partial charge >= 0.3 is 0 Å². The summed E-state index contributed by atoms with van der Waals surface area (Å²) in [4.78, 5) is 2.10. The highest BCUT2D eigenvalue weighted by Gasteiger charge is 2.12. The molecule has 0 spiro atoms. The van der Waals surface area contributed by atoms with Crippen molar-refractivity contribution in [3.8, 4) is 0 Å². The fourth-order valence-corrected chi connectivity index (χ4v) is 2.58. The van der Waals surface area contributed by atoms with E-state index in [-0.39, 0.29) is 0 Å². The number of rotatable bonds is 2. The monoisotopic (exact) mass is 293 g/mol. The lowest BCUT2D eigenvalue weighted by molar-refractivity contribution is 1.19. The Kier molecular flexibility index (Phi) is 3.68. The zero-order chi connectivity index (χ0) is 14.8. The fourth-order valence-electron chi connectivity index (χ4n) is 2.39. The molecule has 0 N–H and O–H groups in total. The van der Waals surface area contributed by atoms with E-state index in [1.807, 2.05) is 24.3 Å². The van der Waals surface area contributed by atoms with Gasteiger partial charge in [-0.3, -0.25) is 0 Å². The quantitative estimate of drug-likeness (QED) is 0.698. The molecule has 104 valence electrons. The summed E-state index contributed by atoms with van der Waals surface area (Å²) in [5.74, 6) is 0. The molecule has 3 rings (SSSR count). The number of allylic oxidation sites excluding steroid dienone is 3. The Balaban J connectivity index is 2.02. The molecule has 1 heterocycles. The summed E-state index contributed by atoms with van der Waals surface area (Å²) in [5, 5.41) is 0.744. The van der Waals surface area contributed by atoms with Gasteiger partial charge in [-0.2, -0.15) is 0 Å². The molecule has 1 aliphatic heterocycles. The van der Waals surface area contributed by atoms with Crippen LogP contribution in [0.3, 0.4) is 0 Å². The van der Waals surface area contributed by atoms with Crippen LogP contribution in [0.25, 0.3) is 5.57 Å². The summed E-state index contributed by atoms with van der Waals surface area (Å²) in [6.45, 7) is 6.21. The number of aryl methyl sites for hydroxylation is 1. The Morgan fingerprint density at radius 2 is 1.81 bits per heavy atom. The van der Waals surface area contributed by atoms with Crippen LogP contribution in [0, 0.1) is 6.92 Å². The minimum Gasteiger partial charge on any atom is -0.317 e. The standard InChI is InChI=1S/C19H16ClN/c1-14-5-3-8-19(11-14)21-13-17(10-9-15(21)2)16-6-4-7-18(20)12-16/h3-13H,2H2,1H3. The molecule has 0 radical (unpaired) electrons. The van der Waals surface area contributed by atoms with Crippen LogP contribution in [0.15, 0.2) is 79.2 Å². The van der Waals surface area contributed by atoms with Crippen LogP contribution in [0.4, 0.5) is 5.69 Å². The summed E-state index contributed by atoms with van der Waals surface area (Å²) < 4.78 is 0. The SMILES string of the molecule is C=C1C=CC(c2cccc(Cl)c2)=CN1c1cccc(C)c1. The van der Waals surface area contributed by atoms with Gasteiger partial charge in [0, 0.05) is 22.6 Å². The highest BCUT2D eigenvalue weighted by molar-refractivity contribution is 6.30. The first-order valence-corrected chi connectivity index (χ1v) is 7.22. The molecule has 0 unspecified atom stereocenters. The van der Waals surface area contributed by atoms with Gasteiger partial charge in [0.05, 0.1) is 0 Å². The Morgan fingerprint density at radius 3 is 2.57 bits per heavy atom. The minimum atomic E-state index is 0.744. The van der Waals surface area contributed by atoms with Crippen LogP contribution in [-0.4, -0.2) is 0 Å². The number of halogens is 1. The minimum absolute atomic E-state index is 0.744. The van der Waals surface area contributed by atoms with E-state index < -0.39 is 0 Å². The van der Waals surface area contributed by atoms with Gasteiger partial charge in [-0.1, -0.05) is 48.5 Å². The smallest absolute Gasteiger partial charge is 0.0458 e. The molecular weight excluding hydrogens is 278 g/mol. The van der Waals surface area contributed by atoms with Gasteiger partial charge in [0.2, 0.25) is 0 Å². The van der Waals surface area contributed by atoms with Crippen LogP contribution < -0.4 is 4.90 Å². The van der Waals surface area contributed by atoms with E-state index in [0.29, 0.717) is 0 Å². The lowest BCUT2D eigenvalue weighted by Crippen LogP contribution is -2.16. The van der Waals surface area contributed by atoms with Crippen LogP contribution >= 0.6 is 11.6 Å². The summed E-state index contributed by atoms with van der Waals surface area (Å²) in [7, 11) is 0. The van der Waals surface area contributed by atoms with E-state index in [9.17, 15) is 0 Å². The Bertz CT molecular complexity index is 756. The van der Waals surface area contributed by atoms with Crippen LogP contribution in [0.5, 0.6) is 0 Å². The molecule has 0 atom stereocenters. The van der Waals surface area contributed by atoms with Gasteiger partial charge < -0.3 is 4.90 Å². The average molecular weight is 294 g/mol. The second-order valence-corrected chi connectivity index (χ2v) is 5.56. The fraction of sp³-hybridized carbons (Fsp3) is 0.0526. The summed E-state index contributed by atoms with van der Waals surface area (Å²) >= 11 is 6.08. The first-order valence-electron chi connectivity index (χ1n) is 6.84. The molecule has 1 nitrogen and oxygen atoms in total. The van der Waals surface area contributed by atoms with Crippen molar-refractivity contribution in [1.82, 2.24) is 0 Å². The van der Waals surface area contributed by atoms with Crippen molar-refractivity contribution < 1.29 is 0 Å². The molecule has 1 aliphatic rings.